The molecule has 0 bridgehead atoms. The molecule has 0 aromatic heterocycles. The lowest BCUT2D eigenvalue weighted by molar-refractivity contribution is -0.121. The normalized spacial score (nSPS) is 13.0. The Kier molecular flexibility index (Phi) is 5.09. The van der Waals surface area contributed by atoms with Crippen LogP contribution in [0.3, 0.4) is 0 Å². The molecule has 7 nitrogen and oxygen atoms in total. The number of anilines is 2. The number of carbonyl (C=O) groups excluding carboxylic acids is 2. The highest BCUT2D eigenvalue weighted by Gasteiger charge is 2.25. The van der Waals surface area contributed by atoms with Crippen LogP contribution in [0.5, 0.6) is 5.75 Å². The van der Waals surface area contributed by atoms with Crippen LogP contribution < -0.4 is 15.0 Å². The van der Waals surface area contributed by atoms with Gasteiger partial charge in [0.05, 0.1) is 16.3 Å². The third kappa shape index (κ3) is 3.78. The molecular formula is C18H15ClN2O5. The summed E-state index contributed by atoms with van der Waals surface area (Å²) in [5.74, 6) is -1.16. The van der Waals surface area contributed by atoms with Crippen LogP contribution in [0.2, 0.25) is 5.02 Å². The van der Waals surface area contributed by atoms with Crippen molar-refractivity contribution in [3.63, 3.8) is 0 Å². The Balaban J connectivity index is 1.66. The molecule has 2 aromatic carbocycles. The molecule has 0 saturated carbocycles. The SMILES string of the molecule is O=C(CCN1C(=O)COc2ccccc21)Nc1ccc(Cl)c(C(=O)O)c1. The van der Waals surface area contributed by atoms with Crippen LogP contribution in [-0.4, -0.2) is 36.0 Å². The molecule has 8 heteroatoms. The van der Waals surface area contributed by atoms with Crippen LogP contribution in [0.1, 0.15) is 16.8 Å². The second-order valence-electron chi connectivity index (χ2n) is 5.60. The smallest absolute Gasteiger partial charge is 0.337 e. The summed E-state index contributed by atoms with van der Waals surface area (Å²) in [5.41, 5.74) is 0.850. The van der Waals surface area contributed by atoms with Crippen molar-refractivity contribution < 1.29 is 24.2 Å². The van der Waals surface area contributed by atoms with Crippen molar-refractivity contribution in [2.45, 2.75) is 6.42 Å². The Hall–Kier alpha value is -3.06. The van der Waals surface area contributed by atoms with E-state index < -0.39 is 5.97 Å². The summed E-state index contributed by atoms with van der Waals surface area (Å²) in [7, 11) is 0. The number of para-hydroxylation sites is 2. The van der Waals surface area contributed by atoms with Crippen molar-refractivity contribution in [2.24, 2.45) is 0 Å². The zero-order valence-electron chi connectivity index (χ0n) is 13.6. The minimum absolute atomic E-state index is 0.0467. The number of fused-ring (bicyclic) bond motifs is 1. The molecule has 1 heterocycles. The van der Waals surface area contributed by atoms with Crippen molar-refractivity contribution in [2.75, 3.05) is 23.4 Å². The maximum atomic E-state index is 12.2. The first kappa shape index (κ1) is 17.8. The standard InChI is InChI=1S/C18H15ClN2O5/c19-13-6-5-11(9-12(13)18(24)25)20-16(22)7-8-21-14-3-1-2-4-15(14)26-10-17(21)23/h1-6,9H,7-8,10H2,(H,20,22)(H,24,25). The van der Waals surface area contributed by atoms with Crippen LogP contribution in [0.4, 0.5) is 11.4 Å². The second kappa shape index (κ2) is 7.45. The van der Waals surface area contributed by atoms with Crippen LogP contribution >= 0.6 is 11.6 Å². The van der Waals surface area contributed by atoms with E-state index in [4.69, 9.17) is 21.4 Å². The second-order valence-corrected chi connectivity index (χ2v) is 6.01. The number of nitrogens with zero attached hydrogens (tertiary/aromatic N) is 1. The molecule has 3 rings (SSSR count). The van der Waals surface area contributed by atoms with Crippen LogP contribution in [0, 0.1) is 0 Å². The molecule has 0 aliphatic carbocycles. The van der Waals surface area contributed by atoms with Gasteiger partial charge in [-0.25, -0.2) is 4.79 Å². The van der Waals surface area contributed by atoms with Crippen molar-refractivity contribution in [1.29, 1.82) is 0 Å². The fourth-order valence-electron chi connectivity index (χ4n) is 2.60. The number of rotatable bonds is 5. The molecule has 2 amide bonds. The van der Waals surface area contributed by atoms with E-state index in [1.165, 1.54) is 23.1 Å². The first-order valence-corrected chi connectivity index (χ1v) is 8.18. The monoisotopic (exact) mass is 374 g/mol. The maximum absolute atomic E-state index is 12.2. The predicted octanol–water partition coefficient (Wildman–Crippen LogP) is 2.79. The highest BCUT2D eigenvalue weighted by atomic mass is 35.5. The number of carbonyl (C=O) groups is 3. The number of benzene rings is 2. The van der Waals surface area contributed by atoms with Crippen molar-refractivity contribution in [1.82, 2.24) is 0 Å². The van der Waals surface area contributed by atoms with E-state index in [1.54, 1.807) is 24.3 Å². The number of halogens is 1. The molecule has 134 valence electrons. The zero-order valence-corrected chi connectivity index (χ0v) is 14.3. The first-order valence-electron chi connectivity index (χ1n) is 7.80. The van der Waals surface area contributed by atoms with Gasteiger partial charge in [0.1, 0.15) is 5.75 Å². The van der Waals surface area contributed by atoms with Gasteiger partial charge >= 0.3 is 5.97 Å². The Morgan fingerprint density at radius 1 is 1.23 bits per heavy atom. The van der Waals surface area contributed by atoms with Crippen molar-refractivity contribution in [3.8, 4) is 5.75 Å². The molecule has 26 heavy (non-hydrogen) atoms. The van der Waals surface area contributed by atoms with Crippen LogP contribution in [0.25, 0.3) is 0 Å². The minimum Gasteiger partial charge on any atom is -0.482 e. The Morgan fingerprint density at radius 2 is 2.00 bits per heavy atom. The van der Waals surface area contributed by atoms with E-state index in [1.807, 2.05) is 0 Å². The molecule has 0 atom stereocenters. The lowest BCUT2D eigenvalue weighted by atomic mass is 10.2. The average molecular weight is 375 g/mol. The molecule has 0 unspecified atom stereocenters. The summed E-state index contributed by atoms with van der Waals surface area (Å²) < 4.78 is 5.36. The van der Waals surface area contributed by atoms with Crippen molar-refractivity contribution >= 4 is 40.8 Å². The third-order valence-corrected chi connectivity index (χ3v) is 4.18. The maximum Gasteiger partial charge on any atom is 0.337 e. The molecule has 2 N–H and O–H groups in total. The van der Waals surface area contributed by atoms with Gasteiger partial charge in [0.2, 0.25) is 5.91 Å². The summed E-state index contributed by atoms with van der Waals surface area (Å²) in [6, 6.07) is 11.3. The Labute approximate surface area is 154 Å². The summed E-state index contributed by atoms with van der Waals surface area (Å²) in [4.78, 5) is 36.8. The largest absolute Gasteiger partial charge is 0.482 e. The number of aromatic carboxylic acids is 1. The number of hydrogen-bond acceptors (Lipinski definition) is 4. The fourth-order valence-corrected chi connectivity index (χ4v) is 2.80. The summed E-state index contributed by atoms with van der Waals surface area (Å²) in [6.07, 6.45) is 0.0467. The van der Waals surface area contributed by atoms with E-state index in [2.05, 4.69) is 5.32 Å². The van der Waals surface area contributed by atoms with Gasteiger partial charge in [-0.2, -0.15) is 0 Å². The lowest BCUT2D eigenvalue weighted by Crippen LogP contribution is -2.40. The van der Waals surface area contributed by atoms with Gasteiger partial charge in [-0.05, 0) is 30.3 Å². The minimum atomic E-state index is -1.18. The van der Waals surface area contributed by atoms with E-state index in [0.717, 1.165) is 0 Å². The molecule has 0 spiro atoms. The molecule has 2 aromatic rings. The van der Waals surface area contributed by atoms with E-state index in [9.17, 15) is 14.4 Å². The molecule has 0 radical (unpaired) electrons. The van der Waals surface area contributed by atoms with Gasteiger partial charge in [0.15, 0.2) is 6.61 Å². The third-order valence-electron chi connectivity index (χ3n) is 3.85. The number of amides is 2. The molecule has 0 fully saturated rings. The number of hydrogen-bond donors (Lipinski definition) is 2. The average Bonchev–Trinajstić information content (AvgIpc) is 2.62. The molecular weight excluding hydrogens is 360 g/mol. The van der Waals surface area contributed by atoms with Gasteiger partial charge < -0.3 is 20.1 Å². The highest BCUT2D eigenvalue weighted by molar-refractivity contribution is 6.33. The zero-order chi connectivity index (χ0) is 18.7. The number of carboxylic acid groups (broad SMARTS) is 1. The van der Waals surface area contributed by atoms with E-state index >= 15 is 0 Å². The summed E-state index contributed by atoms with van der Waals surface area (Å²) in [6.45, 7) is 0.113. The lowest BCUT2D eigenvalue weighted by Gasteiger charge is -2.29. The molecule has 1 aliphatic heterocycles. The topological polar surface area (TPSA) is 95.9 Å². The first-order chi connectivity index (χ1) is 12.5. The molecule has 1 aliphatic rings. The Bertz CT molecular complexity index is 884. The fraction of sp³-hybridized carbons (Fsp3) is 0.167. The van der Waals surface area contributed by atoms with E-state index in [0.29, 0.717) is 17.1 Å². The number of carboxylic acids is 1. The van der Waals surface area contributed by atoms with Gasteiger partial charge in [-0.1, -0.05) is 23.7 Å². The summed E-state index contributed by atoms with van der Waals surface area (Å²) >= 11 is 5.80. The van der Waals surface area contributed by atoms with Gasteiger partial charge in [-0.3, -0.25) is 9.59 Å². The quantitative estimate of drug-likeness (QED) is 0.839. The number of nitrogens with one attached hydrogen (secondary N) is 1. The number of ether oxygens (including phenoxy) is 1. The van der Waals surface area contributed by atoms with E-state index in [-0.39, 0.29) is 42.0 Å². The highest BCUT2D eigenvalue weighted by Crippen LogP contribution is 2.31. The predicted molar refractivity (Wildman–Crippen MR) is 95.9 cm³/mol. The Morgan fingerprint density at radius 3 is 2.77 bits per heavy atom. The molecule has 0 saturated heterocycles. The van der Waals surface area contributed by atoms with Crippen molar-refractivity contribution in [3.05, 3.63) is 53.1 Å². The van der Waals surface area contributed by atoms with Gasteiger partial charge in [0, 0.05) is 18.7 Å². The van der Waals surface area contributed by atoms with Crippen LogP contribution in [0.15, 0.2) is 42.5 Å². The van der Waals surface area contributed by atoms with Gasteiger partial charge in [0.25, 0.3) is 5.91 Å². The van der Waals surface area contributed by atoms with Gasteiger partial charge in [-0.15, -0.1) is 0 Å². The summed E-state index contributed by atoms with van der Waals surface area (Å²) in [5, 5.41) is 11.8. The van der Waals surface area contributed by atoms with Crippen LogP contribution in [-0.2, 0) is 9.59 Å².